The first-order chi connectivity index (χ1) is 17.1. The number of para-hydroxylation sites is 2. The van der Waals surface area contributed by atoms with E-state index in [2.05, 4.69) is 21.4 Å². The molecule has 178 valence electrons. The Morgan fingerprint density at radius 1 is 1.09 bits per heavy atom. The van der Waals surface area contributed by atoms with Crippen LogP contribution in [-0.2, 0) is 12.8 Å². The van der Waals surface area contributed by atoms with Crippen LogP contribution in [0.5, 0.6) is 5.75 Å². The van der Waals surface area contributed by atoms with Crippen molar-refractivity contribution in [2.75, 3.05) is 23.9 Å². The van der Waals surface area contributed by atoms with Crippen molar-refractivity contribution in [1.29, 1.82) is 0 Å². The first-order valence-electron chi connectivity index (χ1n) is 12.0. The molecular formula is C28H28N4O3. The highest BCUT2D eigenvalue weighted by Gasteiger charge is 2.24. The number of H-pyrrole nitrogens is 1. The van der Waals surface area contributed by atoms with Gasteiger partial charge in [0.2, 0.25) is 0 Å². The molecule has 0 aliphatic carbocycles. The lowest BCUT2D eigenvalue weighted by Gasteiger charge is -2.23. The van der Waals surface area contributed by atoms with Gasteiger partial charge in [0.25, 0.3) is 11.8 Å². The van der Waals surface area contributed by atoms with Crippen LogP contribution in [0.3, 0.4) is 0 Å². The quantitative estimate of drug-likeness (QED) is 0.412. The van der Waals surface area contributed by atoms with Crippen LogP contribution in [0.25, 0.3) is 11.0 Å². The van der Waals surface area contributed by atoms with Crippen molar-refractivity contribution in [1.82, 2.24) is 9.97 Å². The predicted molar refractivity (Wildman–Crippen MR) is 137 cm³/mol. The number of amides is 2. The Hall–Kier alpha value is -4.13. The molecule has 2 heterocycles. The highest BCUT2D eigenvalue weighted by Crippen LogP contribution is 2.30. The van der Waals surface area contributed by atoms with Crippen LogP contribution in [0.2, 0.25) is 0 Å². The highest BCUT2D eigenvalue weighted by atomic mass is 16.5. The van der Waals surface area contributed by atoms with Gasteiger partial charge in [-0.2, -0.15) is 0 Å². The monoisotopic (exact) mass is 468 g/mol. The second-order valence-corrected chi connectivity index (χ2v) is 8.65. The zero-order chi connectivity index (χ0) is 24.4. The van der Waals surface area contributed by atoms with Crippen molar-refractivity contribution >= 4 is 34.2 Å². The Bertz CT molecular complexity index is 1410. The van der Waals surface area contributed by atoms with E-state index in [1.54, 1.807) is 18.2 Å². The average molecular weight is 469 g/mol. The molecule has 1 aliphatic heterocycles. The normalized spacial score (nSPS) is 13.3. The van der Waals surface area contributed by atoms with E-state index in [0.29, 0.717) is 34.6 Å². The maximum atomic E-state index is 13.5. The van der Waals surface area contributed by atoms with Crippen LogP contribution in [0.4, 0.5) is 11.4 Å². The first-order valence-corrected chi connectivity index (χ1v) is 12.0. The van der Waals surface area contributed by atoms with Crippen molar-refractivity contribution in [3.63, 3.8) is 0 Å². The van der Waals surface area contributed by atoms with Crippen LogP contribution in [0.1, 0.15) is 51.9 Å². The zero-order valence-electron chi connectivity index (χ0n) is 19.9. The fourth-order valence-corrected chi connectivity index (χ4v) is 4.61. The number of benzene rings is 3. The molecule has 2 amide bonds. The Balaban J connectivity index is 1.42. The van der Waals surface area contributed by atoms with E-state index in [9.17, 15) is 9.59 Å². The number of aromatic nitrogens is 2. The molecule has 0 saturated carbocycles. The zero-order valence-corrected chi connectivity index (χ0v) is 19.9. The van der Waals surface area contributed by atoms with Gasteiger partial charge in [-0.3, -0.25) is 9.59 Å². The number of nitrogens with zero attached hydrogens (tertiary/aromatic N) is 2. The molecule has 0 bridgehead atoms. The molecule has 0 atom stereocenters. The summed E-state index contributed by atoms with van der Waals surface area (Å²) in [5.74, 6) is 0.782. The number of nitrogens with one attached hydrogen (secondary N) is 2. The standard InChI is InChI=1S/C28H28N4O3/c1-3-25-29-21-11-8-12-22(26(21)31-25)30-27(33)20-15-14-19(17-24(20)35-2)28(34)32-16-7-6-10-18-9-4-5-13-23(18)32/h4-5,8-9,11-15,17H,3,6-7,10,16H2,1-2H3,(H,29,31)(H,30,33). The first kappa shape index (κ1) is 22.7. The lowest BCUT2D eigenvalue weighted by atomic mass is 10.1. The molecule has 0 radical (unpaired) electrons. The van der Waals surface area contributed by atoms with Crippen LogP contribution in [0.15, 0.2) is 60.7 Å². The molecule has 7 nitrogen and oxygen atoms in total. The third-order valence-electron chi connectivity index (χ3n) is 6.44. The van der Waals surface area contributed by atoms with Gasteiger partial charge in [0.05, 0.1) is 23.9 Å². The number of rotatable bonds is 5. The van der Waals surface area contributed by atoms with Crippen LogP contribution < -0.4 is 15.0 Å². The lowest BCUT2D eigenvalue weighted by Crippen LogP contribution is -2.31. The molecule has 35 heavy (non-hydrogen) atoms. The van der Waals surface area contributed by atoms with Gasteiger partial charge in [0.15, 0.2) is 0 Å². The fraction of sp³-hybridized carbons (Fsp3) is 0.250. The topological polar surface area (TPSA) is 87.3 Å². The van der Waals surface area contributed by atoms with E-state index in [4.69, 9.17) is 4.74 Å². The van der Waals surface area contributed by atoms with Gasteiger partial charge < -0.3 is 19.9 Å². The minimum absolute atomic E-state index is 0.0991. The van der Waals surface area contributed by atoms with Gasteiger partial charge in [-0.15, -0.1) is 0 Å². The minimum Gasteiger partial charge on any atom is -0.496 e. The summed E-state index contributed by atoms with van der Waals surface area (Å²) >= 11 is 0. The highest BCUT2D eigenvalue weighted by molar-refractivity contribution is 6.11. The third-order valence-corrected chi connectivity index (χ3v) is 6.44. The molecule has 2 N–H and O–H groups in total. The molecular weight excluding hydrogens is 440 g/mol. The summed E-state index contributed by atoms with van der Waals surface area (Å²) in [4.78, 5) is 36.3. The number of anilines is 2. The SMILES string of the molecule is CCc1nc2c(NC(=O)c3ccc(C(=O)N4CCCCc5ccccc54)cc3OC)cccc2[nH]1. The molecule has 1 aromatic heterocycles. The summed E-state index contributed by atoms with van der Waals surface area (Å²) in [7, 11) is 1.50. The summed E-state index contributed by atoms with van der Waals surface area (Å²) in [6.45, 7) is 2.68. The number of carbonyl (C=O) groups excluding carboxylic acids is 2. The molecule has 3 aromatic carbocycles. The molecule has 1 aliphatic rings. The van der Waals surface area contributed by atoms with Gasteiger partial charge in [-0.25, -0.2) is 4.98 Å². The van der Waals surface area contributed by atoms with E-state index in [0.717, 1.165) is 42.7 Å². The van der Waals surface area contributed by atoms with Gasteiger partial charge >= 0.3 is 0 Å². The second kappa shape index (κ2) is 9.62. The van der Waals surface area contributed by atoms with Crippen molar-refractivity contribution in [2.45, 2.75) is 32.6 Å². The molecule has 4 aromatic rings. The Kier molecular flexibility index (Phi) is 6.23. The number of aromatic amines is 1. The van der Waals surface area contributed by atoms with E-state index < -0.39 is 0 Å². The average Bonchev–Trinajstić information content (AvgIpc) is 3.21. The molecule has 7 heteroatoms. The number of hydrogen-bond donors (Lipinski definition) is 2. The summed E-state index contributed by atoms with van der Waals surface area (Å²) in [6.07, 6.45) is 3.72. The molecule has 0 fully saturated rings. The number of imidazole rings is 1. The molecule has 0 spiro atoms. The predicted octanol–water partition coefficient (Wildman–Crippen LogP) is 5.37. The van der Waals surface area contributed by atoms with E-state index >= 15 is 0 Å². The Labute approximate surface area is 204 Å². The van der Waals surface area contributed by atoms with Crippen molar-refractivity contribution in [3.8, 4) is 5.75 Å². The summed E-state index contributed by atoms with van der Waals surface area (Å²) in [5, 5.41) is 2.95. The van der Waals surface area contributed by atoms with Crippen LogP contribution in [0, 0.1) is 0 Å². The van der Waals surface area contributed by atoms with E-state index in [1.165, 1.54) is 12.7 Å². The molecule has 0 unspecified atom stereocenters. The lowest BCUT2D eigenvalue weighted by molar-refractivity contribution is 0.0982. The maximum absolute atomic E-state index is 13.5. The van der Waals surface area contributed by atoms with Crippen LogP contribution >= 0.6 is 0 Å². The summed E-state index contributed by atoms with van der Waals surface area (Å²) in [5.41, 5.74) is 5.16. The van der Waals surface area contributed by atoms with Gasteiger partial charge in [0, 0.05) is 24.2 Å². The van der Waals surface area contributed by atoms with Gasteiger partial charge in [0.1, 0.15) is 17.1 Å². The number of aryl methyl sites for hydroxylation is 2. The summed E-state index contributed by atoms with van der Waals surface area (Å²) in [6, 6.07) is 18.7. The van der Waals surface area contributed by atoms with Gasteiger partial charge in [-0.1, -0.05) is 31.2 Å². The number of hydrogen-bond acceptors (Lipinski definition) is 4. The van der Waals surface area contributed by atoms with Crippen molar-refractivity contribution < 1.29 is 14.3 Å². The smallest absolute Gasteiger partial charge is 0.259 e. The van der Waals surface area contributed by atoms with Crippen LogP contribution in [-0.4, -0.2) is 35.4 Å². The number of methoxy groups -OCH3 is 1. The minimum atomic E-state index is -0.325. The molecule has 5 rings (SSSR count). The van der Waals surface area contributed by atoms with Crippen molar-refractivity contribution in [2.24, 2.45) is 0 Å². The maximum Gasteiger partial charge on any atom is 0.259 e. The van der Waals surface area contributed by atoms with Crippen molar-refractivity contribution in [3.05, 3.63) is 83.2 Å². The third kappa shape index (κ3) is 4.37. The van der Waals surface area contributed by atoms with E-state index in [-0.39, 0.29) is 11.8 Å². The number of fused-ring (bicyclic) bond motifs is 2. The van der Waals surface area contributed by atoms with Gasteiger partial charge in [-0.05, 0) is 61.2 Å². The fourth-order valence-electron chi connectivity index (χ4n) is 4.61. The number of ether oxygens (including phenoxy) is 1. The Morgan fingerprint density at radius 3 is 2.77 bits per heavy atom. The Morgan fingerprint density at radius 2 is 1.94 bits per heavy atom. The summed E-state index contributed by atoms with van der Waals surface area (Å²) < 4.78 is 5.53. The van der Waals surface area contributed by atoms with E-state index in [1.807, 2.05) is 48.2 Å². The second-order valence-electron chi connectivity index (χ2n) is 8.65. The largest absolute Gasteiger partial charge is 0.496 e. The number of carbonyl (C=O) groups is 2. The molecule has 0 saturated heterocycles.